The number of hydrogen-bond acceptors (Lipinski definition) is 2. The Morgan fingerprint density at radius 3 is 3.00 bits per heavy atom. The number of benzene rings is 1. The lowest BCUT2D eigenvalue weighted by molar-refractivity contribution is -0.293. The second-order valence-corrected chi connectivity index (χ2v) is 5.44. The van der Waals surface area contributed by atoms with Crippen LogP contribution in [0.15, 0.2) is 12.1 Å². The van der Waals surface area contributed by atoms with Crippen molar-refractivity contribution >= 4 is 44.1 Å². The summed E-state index contributed by atoms with van der Waals surface area (Å²) in [6, 6.07) is 3.04. The van der Waals surface area contributed by atoms with E-state index in [0.29, 0.717) is 0 Å². The number of rotatable bonds is 0. The summed E-state index contributed by atoms with van der Waals surface area (Å²) < 4.78 is 14.7. The number of aromatic nitrogens is 1. The number of hydrogen-bond donors (Lipinski definition) is 0. The highest BCUT2D eigenvalue weighted by Crippen LogP contribution is 2.25. The molecule has 0 aliphatic carbocycles. The van der Waals surface area contributed by atoms with Crippen molar-refractivity contribution in [3.05, 3.63) is 26.0 Å². The summed E-state index contributed by atoms with van der Waals surface area (Å²) in [6.45, 7) is 0. The maximum absolute atomic E-state index is 12.9. The first kappa shape index (κ1) is 8.65. The fourth-order valence-electron chi connectivity index (χ4n) is 0.902. The Bertz CT molecular complexity index is 403. The minimum absolute atomic E-state index is 0.240. The standard InChI is InChI=1S/C7H3ClFINS/c8-3-1-5-6(2-4(3)9)12-7(10)11-5/h1-2,8H/q+1. The molecule has 12 heavy (non-hydrogen) atoms. The van der Waals surface area contributed by atoms with Crippen molar-refractivity contribution in [2.24, 2.45) is 0 Å². The van der Waals surface area contributed by atoms with Crippen molar-refractivity contribution in [3.63, 3.8) is 0 Å². The lowest BCUT2D eigenvalue weighted by Gasteiger charge is -1.85. The van der Waals surface area contributed by atoms with Gasteiger partial charge in [0.1, 0.15) is 0 Å². The van der Waals surface area contributed by atoms with Gasteiger partial charge in [0.15, 0.2) is 20.4 Å². The molecule has 0 unspecified atom stereocenters. The topological polar surface area (TPSA) is 12.9 Å². The number of thiazole rings is 1. The Kier molecular flexibility index (Phi) is 2.22. The van der Waals surface area contributed by atoms with Crippen molar-refractivity contribution in [3.8, 4) is 0 Å². The van der Waals surface area contributed by atoms with Gasteiger partial charge in [-0.1, -0.05) is 0 Å². The third kappa shape index (κ3) is 1.43. The van der Waals surface area contributed by atoms with Crippen LogP contribution in [0.25, 0.3) is 10.2 Å². The SMILES string of the molecule is Fc1cc2sc(I)nc2cc1[ClH+]. The molecule has 62 valence electrons. The summed E-state index contributed by atoms with van der Waals surface area (Å²) in [4.78, 5) is 4.19. The van der Waals surface area contributed by atoms with E-state index < -0.39 is 0 Å². The molecule has 0 amide bonds. The third-order valence-corrected chi connectivity index (χ3v) is 3.44. The quantitative estimate of drug-likeness (QED) is 0.681. The maximum Gasteiger partial charge on any atom is 0.263 e. The molecule has 1 aromatic heterocycles. The van der Waals surface area contributed by atoms with Gasteiger partial charge in [-0.25, -0.2) is 9.37 Å². The largest absolute Gasteiger partial charge is 0.263 e. The van der Waals surface area contributed by atoms with E-state index >= 15 is 0 Å². The van der Waals surface area contributed by atoms with Gasteiger partial charge in [0.25, 0.3) is 5.02 Å². The van der Waals surface area contributed by atoms with E-state index in [1.54, 1.807) is 6.07 Å². The maximum atomic E-state index is 12.9. The van der Waals surface area contributed by atoms with E-state index in [9.17, 15) is 4.39 Å². The average molecular weight is 315 g/mol. The molecule has 1 aromatic carbocycles. The van der Waals surface area contributed by atoms with Crippen LogP contribution in [0.3, 0.4) is 0 Å². The number of nitrogens with zero attached hydrogens (tertiary/aromatic N) is 1. The van der Waals surface area contributed by atoms with Crippen molar-refractivity contribution in [2.75, 3.05) is 0 Å². The van der Waals surface area contributed by atoms with Crippen LogP contribution in [0.2, 0.25) is 5.02 Å². The molecule has 0 fully saturated rings. The van der Waals surface area contributed by atoms with Crippen LogP contribution in [-0.2, 0) is 0 Å². The summed E-state index contributed by atoms with van der Waals surface area (Å²) in [5, 5.41) is 0.240. The van der Waals surface area contributed by atoms with Gasteiger partial charge < -0.3 is 0 Å². The summed E-state index contributed by atoms with van der Waals surface area (Å²) in [5.41, 5.74) is 0.788. The molecule has 0 N–H and O–H groups in total. The smallest absolute Gasteiger partial charge is 0.230 e. The fourth-order valence-corrected chi connectivity index (χ4v) is 2.74. The highest BCUT2D eigenvalue weighted by molar-refractivity contribution is 14.1. The van der Waals surface area contributed by atoms with Crippen LogP contribution >= 0.6 is 33.9 Å². The van der Waals surface area contributed by atoms with Crippen LogP contribution in [0.5, 0.6) is 0 Å². The van der Waals surface area contributed by atoms with Crippen molar-refractivity contribution < 1.29 is 16.0 Å². The second-order valence-electron chi connectivity index (χ2n) is 2.22. The van der Waals surface area contributed by atoms with Gasteiger partial charge >= 0.3 is 0 Å². The summed E-state index contributed by atoms with van der Waals surface area (Å²) in [6.07, 6.45) is 0. The number of halogens is 3. The van der Waals surface area contributed by atoms with Crippen LogP contribution in [0, 0.1) is 20.4 Å². The first-order chi connectivity index (χ1) is 5.66. The Labute approximate surface area is 90.7 Å². The molecule has 0 aliphatic rings. The highest BCUT2D eigenvalue weighted by Gasteiger charge is 2.11. The van der Waals surface area contributed by atoms with E-state index in [0.717, 1.165) is 13.2 Å². The Balaban J connectivity index is 2.83. The van der Waals surface area contributed by atoms with Gasteiger partial charge in [-0.3, -0.25) is 0 Å². The van der Waals surface area contributed by atoms with Gasteiger partial charge in [-0.05, 0) is 28.7 Å². The van der Waals surface area contributed by atoms with Crippen LogP contribution in [-0.4, -0.2) is 4.98 Å². The molecule has 0 atom stereocenters. The molecule has 0 saturated heterocycles. The summed E-state index contributed by atoms with van der Waals surface area (Å²) in [5.74, 6) is -0.336. The minimum atomic E-state index is -0.336. The second kappa shape index (κ2) is 3.08. The molecule has 1 heterocycles. The highest BCUT2D eigenvalue weighted by atomic mass is 127. The normalized spacial score (nSPS) is 10.9. The van der Waals surface area contributed by atoms with Crippen molar-refractivity contribution in [1.82, 2.24) is 4.98 Å². The zero-order chi connectivity index (χ0) is 8.72. The van der Waals surface area contributed by atoms with Gasteiger partial charge in [-0.2, -0.15) is 0 Å². The van der Waals surface area contributed by atoms with Gasteiger partial charge in [0.2, 0.25) is 0 Å². The van der Waals surface area contributed by atoms with E-state index in [4.69, 9.17) is 11.6 Å². The molecule has 5 heteroatoms. The molecule has 0 aliphatic heterocycles. The molecule has 0 bridgehead atoms. The molecule has 2 aromatic rings. The molecule has 0 radical (unpaired) electrons. The summed E-state index contributed by atoms with van der Waals surface area (Å²) >= 11 is 8.35. The number of fused-ring (bicyclic) bond motifs is 1. The van der Waals surface area contributed by atoms with Gasteiger partial charge in [-0.15, -0.1) is 11.3 Å². The van der Waals surface area contributed by atoms with Crippen LogP contribution in [0.4, 0.5) is 4.39 Å². The Morgan fingerprint density at radius 1 is 1.50 bits per heavy atom. The molecule has 0 spiro atoms. The van der Waals surface area contributed by atoms with Crippen molar-refractivity contribution in [2.45, 2.75) is 0 Å². The van der Waals surface area contributed by atoms with Gasteiger partial charge in [0, 0.05) is 6.07 Å². The van der Waals surface area contributed by atoms with Crippen LogP contribution < -0.4 is 0 Å². The Morgan fingerprint density at radius 2 is 2.25 bits per heavy atom. The zero-order valence-corrected chi connectivity index (χ0v) is 9.46. The molecule has 2 rings (SSSR count). The average Bonchev–Trinajstić information content (AvgIpc) is 2.30. The van der Waals surface area contributed by atoms with Crippen molar-refractivity contribution in [1.29, 1.82) is 0 Å². The first-order valence-corrected chi connectivity index (χ1v) is 5.40. The predicted molar refractivity (Wildman–Crippen MR) is 52.8 cm³/mol. The fraction of sp³-hybridized carbons (Fsp3) is 0. The van der Waals surface area contributed by atoms with E-state index in [1.807, 2.05) is 0 Å². The van der Waals surface area contributed by atoms with Crippen LogP contribution in [0.1, 0.15) is 0 Å². The summed E-state index contributed by atoms with van der Waals surface area (Å²) in [7, 11) is 0. The molecular formula is C7H3ClFINS+. The lowest BCUT2D eigenvalue weighted by atomic mass is 10.3. The Hall–Kier alpha value is 0.0600. The van der Waals surface area contributed by atoms with E-state index in [-0.39, 0.29) is 10.8 Å². The minimum Gasteiger partial charge on any atom is -0.230 e. The molecule has 1 nitrogen and oxygen atoms in total. The van der Waals surface area contributed by atoms with Gasteiger partial charge in [0.05, 0.1) is 10.2 Å². The van der Waals surface area contributed by atoms with E-state index in [2.05, 4.69) is 27.6 Å². The monoisotopic (exact) mass is 314 g/mol. The molecular weight excluding hydrogens is 312 g/mol. The first-order valence-electron chi connectivity index (χ1n) is 3.09. The third-order valence-electron chi connectivity index (χ3n) is 1.42. The lowest BCUT2D eigenvalue weighted by Crippen LogP contribution is -1.78. The zero-order valence-electron chi connectivity index (χ0n) is 5.67. The predicted octanol–water partition coefficient (Wildman–Crippen LogP) is 2.74. The molecule has 0 saturated carbocycles. The van der Waals surface area contributed by atoms with E-state index in [1.165, 1.54) is 17.4 Å².